The van der Waals surface area contributed by atoms with Crippen molar-refractivity contribution in [3.63, 3.8) is 0 Å². The van der Waals surface area contributed by atoms with Crippen LogP contribution in [0.3, 0.4) is 0 Å². The normalized spacial score (nSPS) is 13.1. The van der Waals surface area contributed by atoms with Crippen LogP contribution in [-0.4, -0.2) is 19.0 Å². The van der Waals surface area contributed by atoms with Gasteiger partial charge in [-0.05, 0) is 28.1 Å². The number of nitrogens with zero attached hydrogens (tertiary/aromatic N) is 1. The number of benzene rings is 1. The molecular formula is C9H10BrN4O2+. The molecule has 1 aromatic rings. The van der Waals surface area contributed by atoms with Crippen molar-refractivity contribution in [2.75, 3.05) is 6.79 Å². The van der Waals surface area contributed by atoms with Gasteiger partial charge in [-0.1, -0.05) is 0 Å². The van der Waals surface area contributed by atoms with E-state index in [9.17, 15) is 0 Å². The molecule has 0 aliphatic carbocycles. The third-order valence-corrected chi connectivity index (χ3v) is 2.59. The monoisotopic (exact) mass is 285 g/mol. The number of rotatable bonds is 2. The number of nitrogens with two attached hydrogens (primary N) is 2. The summed E-state index contributed by atoms with van der Waals surface area (Å²) in [6.45, 7) is 0.243. The minimum absolute atomic E-state index is 0.0342. The van der Waals surface area contributed by atoms with E-state index in [1.807, 2.05) is 12.1 Å². The van der Waals surface area contributed by atoms with Crippen molar-refractivity contribution in [3.8, 4) is 11.5 Å². The Labute approximate surface area is 100 Å². The van der Waals surface area contributed by atoms with Crippen LogP contribution in [-0.2, 0) is 0 Å². The van der Waals surface area contributed by atoms with Gasteiger partial charge in [0.25, 0.3) is 5.96 Å². The first kappa shape index (κ1) is 10.7. The Morgan fingerprint density at radius 1 is 1.38 bits per heavy atom. The molecule has 0 atom stereocenters. The zero-order valence-electron chi connectivity index (χ0n) is 8.24. The van der Waals surface area contributed by atoms with Crippen molar-refractivity contribution in [2.45, 2.75) is 0 Å². The van der Waals surface area contributed by atoms with Crippen LogP contribution in [0.5, 0.6) is 11.5 Å². The molecule has 1 heterocycles. The number of hydrazone groups is 1. The lowest BCUT2D eigenvalue weighted by Crippen LogP contribution is -2.63. The highest BCUT2D eigenvalue weighted by molar-refractivity contribution is 9.10. The fraction of sp³-hybridized carbons (Fsp3) is 0.111. The van der Waals surface area contributed by atoms with Crippen molar-refractivity contribution in [2.24, 2.45) is 16.6 Å². The largest absolute Gasteiger partial charge is 0.454 e. The summed E-state index contributed by atoms with van der Waals surface area (Å²) in [5, 5.41) is 6.25. The number of hydrogen-bond acceptors (Lipinski definition) is 3. The summed E-state index contributed by atoms with van der Waals surface area (Å²) in [6, 6.07) is 3.65. The topological polar surface area (TPSA) is 96.8 Å². The average molecular weight is 286 g/mol. The van der Waals surface area contributed by atoms with Gasteiger partial charge in [0, 0.05) is 9.57 Å². The second kappa shape index (κ2) is 4.40. The predicted octanol–water partition coefficient (Wildman–Crippen LogP) is -1.13. The average Bonchev–Trinajstić information content (AvgIpc) is 2.64. The van der Waals surface area contributed by atoms with Crippen LogP contribution >= 0.6 is 15.9 Å². The van der Waals surface area contributed by atoms with Crippen LogP contribution in [0.1, 0.15) is 5.56 Å². The minimum Gasteiger partial charge on any atom is -0.454 e. The molecule has 16 heavy (non-hydrogen) atoms. The van der Waals surface area contributed by atoms with Gasteiger partial charge < -0.3 is 20.9 Å². The Kier molecular flexibility index (Phi) is 2.95. The minimum atomic E-state index is -0.0342. The molecule has 84 valence electrons. The molecule has 1 aliphatic heterocycles. The molecule has 0 unspecified atom stereocenters. The first-order chi connectivity index (χ1) is 7.66. The molecule has 7 heteroatoms. The number of fused-ring (bicyclic) bond motifs is 1. The highest BCUT2D eigenvalue weighted by atomic mass is 79.9. The van der Waals surface area contributed by atoms with Crippen molar-refractivity contribution in [3.05, 3.63) is 22.2 Å². The van der Waals surface area contributed by atoms with E-state index in [2.05, 4.69) is 26.1 Å². The van der Waals surface area contributed by atoms with E-state index in [0.29, 0.717) is 11.5 Å². The number of hydrogen-bond donors (Lipinski definition) is 3. The first-order valence-electron chi connectivity index (χ1n) is 4.43. The van der Waals surface area contributed by atoms with Crippen LogP contribution in [0.15, 0.2) is 21.7 Å². The van der Waals surface area contributed by atoms with Gasteiger partial charge in [-0.2, -0.15) is 0 Å². The van der Waals surface area contributed by atoms with E-state index in [1.165, 1.54) is 0 Å². The molecule has 0 spiro atoms. The molecule has 0 saturated heterocycles. The van der Waals surface area contributed by atoms with Gasteiger partial charge in [-0.15, -0.1) is 5.10 Å². The van der Waals surface area contributed by atoms with Crippen LogP contribution in [0.4, 0.5) is 0 Å². The van der Waals surface area contributed by atoms with Crippen LogP contribution in [0.25, 0.3) is 0 Å². The van der Waals surface area contributed by atoms with E-state index in [4.69, 9.17) is 20.9 Å². The Bertz CT molecular complexity index is 469. The molecule has 0 aromatic heterocycles. The third kappa shape index (κ3) is 2.25. The molecular weight excluding hydrogens is 276 g/mol. The summed E-state index contributed by atoms with van der Waals surface area (Å²) in [6.07, 6.45) is 1.64. The predicted molar refractivity (Wildman–Crippen MR) is 62.2 cm³/mol. The molecule has 0 fully saturated rings. The quantitative estimate of drug-likeness (QED) is 0.364. The molecule has 0 radical (unpaired) electrons. The number of guanidine groups is 1. The Balaban J connectivity index is 2.28. The summed E-state index contributed by atoms with van der Waals surface area (Å²) in [5.41, 5.74) is 11.2. The maximum absolute atomic E-state index is 5.25. The summed E-state index contributed by atoms with van der Waals surface area (Å²) < 4.78 is 11.3. The van der Waals surface area contributed by atoms with E-state index in [0.717, 1.165) is 10.0 Å². The highest BCUT2D eigenvalue weighted by Crippen LogP contribution is 2.35. The fourth-order valence-corrected chi connectivity index (χ4v) is 1.66. The lowest BCUT2D eigenvalue weighted by Gasteiger charge is -1.98. The molecule has 2 rings (SSSR count). The lowest BCUT2D eigenvalue weighted by atomic mass is 10.2. The first-order valence-corrected chi connectivity index (χ1v) is 5.22. The number of halogens is 1. The van der Waals surface area contributed by atoms with Gasteiger partial charge >= 0.3 is 0 Å². The molecule has 1 aliphatic rings. The molecule has 0 saturated carbocycles. The molecule has 1 aromatic carbocycles. The summed E-state index contributed by atoms with van der Waals surface area (Å²) in [4.78, 5) is 0. The van der Waals surface area contributed by atoms with E-state index >= 15 is 0 Å². The second-order valence-corrected chi connectivity index (χ2v) is 3.89. The third-order valence-electron chi connectivity index (χ3n) is 1.91. The van der Waals surface area contributed by atoms with Crippen molar-refractivity contribution in [1.29, 1.82) is 0 Å². The second-order valence-electron chi connectivity index (χ2n) is 3.04. The van der Waals surface area contributed by atoms with Gasteiger partial charge in [0.05, 0.1) is 5.56 Å². The van der Waals surface area contributed by atoms with Gasteiger partial charge in [0.1, 0.15) is 0 Å². The van der Waals surface area contributed by atoms with Gasteiger partial charge in [0.2, 0.25) is 13.0 Å². The SMILES string of the molecule is NC(N)=N/[NH+]=C/c1cc2c(cc1Br)OCO2. The van der Waals surface area contributed by atoms with Crippen molar-refractivity contribution < 1.29 is 14.6 Å². The maximum Gasteiger partial charge on any atom is 0.256 e. The van der Waals surface area contributed by atoms with Gasteiger partial charge in [-0.3, -0.25) is 0 Å². The Morgan fingerprint density at radius 3 is 2.75 bits per heavy atom. The van der Waals surface area contributed by atoms with Crippen molar-refractivity contribution in [1.82, 2.24) is 0 Å². The van der Waals surface area contributed by atoms with E-state index < -0.39 is 0 Å². The van der Waals surface area contributed by atoms with E-state index in [-0.39, 0.29) is 12.8 Å². The van der Waals surface area contributed by atoms with Crippen LogP contribution in [0, 0.1) is 0 Å². The van der Waals surface area contributed by atoms with Crippen molar-refractivity contribution >= 4 is 28.1 Å². The fourth-order valence-electron chi connectivity index (χ4n) is 1.22. The highest BCUT2D eigenvalue weighted by Gasteiger charge is 2.16. The number of ether oxygens (including phenoxy) is 2. The number of nitrogens with one attached hydrogen (secondary N) is 1. The smallest absolute Gasteiger partial charge is 0.256 e. The Hall–Kier alpha value is -1.76. The lowest BCUT2D eigenvalue weighted by molar-refractivity contribution is -0.456. The molecule has 6 nitrogen and oxygen atoms in total. The summed E-state index contributed by atoms with van der Waals surface area (Å²) >= 11 is 3.40. The van der Waals surface area contributed by atoms with E-state index in [1.54, 1.807) is 6.21 Å². The van der Waals surface area contributed by atoms with Crippen LogP contribution < -0.4 is 26.0 Å². The maximum atomic E-state index is 5.25. The summed E-state index contributed by atoms with van der Waals surface area (Å²) in [5.74, 6) is 1.37. The van der Waals surface area contributed by atoms with Crippen LogP contribution in [0.2, 0.25) is 0 Å². The van der Waals surface area contributed by atoms with Gasteiger partial charge in [0.15, 0.2) is 11.5 Å². The molecule has 0 bridgehead atoms. The Morgan fingerprint density at radius 2 is 2.06 bits per heavy atom. The molecule has 5 N–H and O–H groups in total. The molecule has 0 amide bonds. The summed E-state index contributed by atoms with van der Waals surface area (Å²) in [7, 11) is 0. The standard InChI is InChI=1S/C9H9BrN4O2/c10-6-2-8-7(15-4-16-8)1-5(6)3-13-14-9(11)12/h1-3H,4H2,(H4,11,12,14)/p+1/b13-3+. The zero-order chi connectivity index (χ0) is 11.5. The van der Waals surface area contributed by atoms with Gasteiger partial charge in [-0.25, -0.2) is 0 Å². The zero-order valence-corrected chi connectivity index (χ0v) is 9.82.